The highest BCUT2D eigenvalue weighted by Gasteiger charge is 2.37. The van der Waals surface area contributed by atoms with Gasteiger partial charge in [0.15, 0.2) is 17.5 Å². The monoisotopic (exact) mass is 304 g/mol. The van der Waals surface area contributed by atoms with Crippen LogP contribution in [0.3, 0.4) is 0 Å². The molecule has 0 radical (unpaired) electrons. The summed E-state index contributed by atoms with van der Waals surface area (Å²) in [6.07, 6.45) is 0. The van der Waals surface area contributed by atoms with Gasteiger partial charge in [0, 0.05) is 6.54 Å². The Morgan fingerprint density at radius 2 is 1.81 bits per heavy atom. The maximum atomic E-state index is 13.5. The zero-order valence-corrected chi connectivity index (χ0v) is 11.7. The van der Waals surface area contributed by atoms with Crippen molar-refractivity contribution < 1.29 is 27.9 Å². The number of hydrogen-bond acceptors (Lipinski definition) is 2. The molecule has 0 atom stereocenters. The molecule has 0 unspecified atom stereocenters. The summed E-state index contributed by atoms with van der Waals surface area (Å²) in [5.74, 6) is -5.91. The number of carbonyl (C=O) groups is 2. The molecule has 0 aliphatic carbocycles. The fraction of sp³-hybridized carbons (Fsp3) is 0.385. The number of halogens is 3. The number of likely N-dealkylation sites (N-methyl/N-ethyl adjacent to an activating group) is 1. The Morgan fingerprint density at radius 3 is 2.29 bits per heavy atom. The molecule has 0 heterocycles. The largest absolute Gasteiger partial charge is 0.480 e. The summed E-state index contributed by atoms with van der Waals surface area (Å²) < 4.78 is 39.4. The van der Waals surface area contributed by atoms with E-state index in [4.69, 9.17) is 5.11 Å². The summed E-state index contributed by atoms with van der Waals surface area (Å²) >= 11 is 0. The van der Waals surface area contributed by atoms with E-state index in [1.165, 1.54) is 20.8 Å². The van der Waals surface area contributed by atoms with Gasteiger partial charge in [0.05, 0.1) is 5.69 Å². The van der Waals surface area contributed by atoms with Crippen molar-refractivity contribution in [2.75, 3.05) is 11.9 Å². The van der Waals surface area contributed by atoms with Gasteiger partial charge >= 0.3 is 12.0 Å². The first-order chi connectivity index (χ1) is 9.62. The summed E-state index contributed by atoms with van der Waals surface area (Å²) in [5, 5.41) is 11.1. The van der Waals surface area contributed by atoms with E-state index in [-0.39, 0.29) is 6.54 Å². The second-order valence-electron chi connectivity index (χ2n) is 4.76. The third-order valence-electron chi connectivity index (χ3n) is 3.04. The van der Waals surface area contributed by atoms with E-state index in [1.54, 1.807) is 0 Å². The van der Waals surface area contributed by atoms with Gasteiger partial charge in [-0.15, -0.1) is 0 Å². The highest BCUT2D eigenvalue weighted by molar-refractivity contribution is 5.93. The first kappa shape index (κ1) is 16.8. The van der Waals surface area contributed by atoms with Gasteiger partial charge in [-0.05, 0) is 32.9 Å². The SMILES string of the molecule is CCN(C(=O)Nc1ccc(F)c(F)c1F)C(C)(C)C(=O)O. The zero-order chi connectivity index (χ0) is 16.4. The highest BCUT2D eigenvalue weighted by Crippen LogP contribution is 2.22. The van der Waals surface area contributed by atoms with Crippen molar-refractivity contribution in [1.29, 1.82) is 0 Å². The molecule has 1 aromatic rings. The average Bonchev–Trinajstić information content (AvgIpc) is 2.40. The molecule has 0 aromatic heterocycles. The number of nitrogens with one attached hydrogen (secondary N) is 1. The van der Waals surface area contributed by atoms with E-state index in [9.17, 15) is 22.8 Å². The van der Waals surface area contributed by atoms with E-state index in [0.29, 0.717) is 6.07 Å². The lowest BCUT2D eigenvalue weighted by Gasteiger charge is -2.34. The van der Waals surface area contributed by atoms with Gasteiger partial charge in [0.25, 0.3) is 0 Å². The smallest absolute Gasteiger partial charge is 0.329 e. The number of anilines is 1. The molecule has 21 heavy (non-hydrogen) atoms. The van der Waals surface area contributed by atoms with Gasteiger partial charge in [-0.1, -0.05) is 0 Å². The van der Waals surface area contributed by atoms with Crippen molar-refractivity contribution in [3.63, 3.8) is 0 Å². The number of carboxylic acids is 1. The van der Waals surface area contributed by atoms with Crippen LogP contribution in [0.4, 0.5) is 23.7 Å². The first-order valence-electron chi connectivity index (χ1n) is 6.08. The number of aliphatic carboxylic acids is 1. The molecule has 2 amide bonds. The number of urea groups is 1. The van der Waals surface area contributed by atoms with Crippen LogP contribution in [0.25, 0.3) is 0 Å². The first-order valence-corrected chi connectivity index (χ1v) is 6.08. The van der Waals surface area contributed by atoms with Gasteiger partial charge in [-0.2, -0.15) is 0 Å². The molecule has 2 N–H and O–H groups in total. The normalized spacial score (nSPS) is 11.1. The molecule has 1 aromatic carbocycles. The molecule has 0 fully saturated rings. The molecule has 116 valence electrons. The van der Waals surface area contributed by atoms with Gasteiger partial charge < -0.3 is 15.3 Å². The standard InChI is InChI=1S/C13H15F3N2O3/c1-4-18(13(2,3)11(19)20)12(21)17-8-6-5-7(14)9(15)10(8)16/h5-6H,4H2,1-3H3,(H,17,21)(H,19,20). The Kier molecular flexibility index (Phi) is 4.82. The minimum absolute atomic E-state index is 0.0242. The molecular weight excluding hydrogens is 289 g/mol. The molecule has 1 rings (SSSR count). The Hall–Kier alpha value is -2.25. The van der Waals surface area contributed by atoms with Crippen LogP contribution in [0.2, 0.25) is 0 Å². The van der Waals surface area contributed by atoms with Crippen LogP contribution in [0.1, 0.15) is 20.8 Å². The van der Waals surface area contributed by atoms with E-state index in [0.717, 1.165) is 11.0 Å². The summed E-state index contributed by atoms with van der Waals surface area (Å²) in [7, 11) is 0. The lowest BCUT2D eigenvalue weighted by molar-refractivity contribution is -0.147. The Bertz CT molecular complexity index is 576. The minimum atomic E-state index is -1.71. The van der Waals surface area contributed by atoms with Crippen molar-refractivity contribution in [1.82, 2.24) is 4.90 Å². The van der Waals surface area contributed by atoms with E-state index < -0.39 is 40.7 Å². The van der Waals surface area contributed by atoms with Crippen molar-refractivity contribution in [3.05, 3.63) is 29.6 Å². The molecule has 8 heteroatoms. The second kappa shape index (κ2) is 6.02. The van der Waals surface area contributed by atoms with E-state index in [1.807, 2.05) is 5.32 Å². The van der Waals surface area contributed by atoms with Gasteiger partial charge in [0.2, 0.25) is 0 Å². The van der Waals surface area contributed by atoms with Crippen LogP contribution in [-0.4, -0.2) is 34.1 Å². The number of amides is 2. The number of rotatable bonds is 4. The minimum Gasteiger partial charge on any atom is -0.480 e. The molecule has 0 saturated heterocycles. The Morgan fingerprint density at radius 1 is 1.24 bits per heavy atom. The third-order valence-corrected chi connectivity index (χ3v) is 3.04. The topological polar surface area (TPSA) is 69.6 Å². The highest BCUT2D eigenvalue weighted by atomic mass is 19.2. The van der Waals surface area contributed by atoms with Crippen LogP contribution in [0.15, 0.2) is 12.1 Å². The quantitative estimate of drug-likeness (QED) is 0.840. The predicted molar refractivity (Wildman–Crippen MR) is 69.4 cm³/mol. The van der Waals surface area contributed by atoms with Crippen molar-refractivity contribution in [3.8, 4) is 0 Å². The lowest BCUT2D eigenvalue weighted by atomic mass is 10.0. The van der Waals surface area contributed by atoms with Crippen LogP contribution >= 0.6 is 0 Å². The van der Waals surface area contributed by atoms with Crippen molar-refractivity contribution in [2.24, 2.45) is 0 Å². The van der Waals surface area contributed by atoms with E-state index in [2.05, 4.69) is 0 Å². The summed E-state index contributed by atoms with van der Waals surface area (Å²) in [4.78, 5) is 24.1. The predicted octanol–water partition coefficient (Wildman–Crippen LogP) is 2.82. The Labute approximate surface area is 119 Å². The summed E-state index contributed by atoms with van der Waals surface area (Å²) in [6.45, 7) is 4.14. The van der Waals surface area contributed by atoms with Gasteiger partial charge in [0.1, 0.15) is 5.54 Å². The van der Waals surface area contributed by atoms with Crippen LogP contribution < -0.4 is 5.32 Å². The molecule has 0 bridgehead atoms. The molecule has 0 aliphatic heterocycles. The summed E-state index contributed by atoms with van der Waals surface area (Å²) in [6, 6.07) is 0.578. The maximum absolute atomic E-state index is 13.5. The lowest BCUT2D eigenvalue weighted by Crippen LogP contribution is -2.54. The molecular formula is C13H15F3N2O3. The number of benzene rings is 1. The van der Waals surface area contributed by atoms with Crippen LogP contribution in [0, 0.1) is 17.5 Å². The fourth-order valence-electron chi connectivity index (χ4n) is 1.71. The average molecular weight is 304 g/mol. The molecule has 0 spiro atoms. The second-order valence-corrected chi connectivity index (χ2v) is 4.76. The maximum Gasteiger partial charge on any atom is 0.329 e. The fourth-order valence-corrected chi connectivity index (χ4v) is 1.71. The molecule has 0 saturated carbocycles. The number of hydrogen-bond donors (Lipinski definition) is 2. The third kappa shape index (κ3) is 3.26. The van der Waals surface area contributed by atoms with Crippen molar-refractivity contribution >= 4 is 17.7 Å². The van der Waals surface area contributed by atoms with Gasteiger partial charge in [-0.25, -0.2) is 22.8 Å². The van der Waals surface area contributed by atoms with E-state index >= 15 is 0 Å². The molecule has 5 nitrogen and oxygen atoms in total. The number of carbonyl (C=O) groups excluding carboxylic acids is 1. The Balaban J connectivity index is 3.05. The molecule has 0 aliphatic rings. The number of nitrogens with zero attached hydrogens (tertiary/aromatic N) is 1. The van der Waals surface area contributed by atoms with Crippen LogP contribution in [-0.2, 0) is 4.79 Å². The van der Waals surface area contributed by atoms with Crippen LogP contribution in [0.5, 0.6) is 0 Å². The van der Waals surface area contributed by atoms with Crippen molar-refractivity contribution in [2.45, 2.75) is 26.3 Å². The van der Waals surface area contributed by atoms with Gasteiger partial charge in [-0.3, -0.25) is 0 Å². The number of carboxylic acid groups (broad SMARTS) is 1. The summed E-state index contributed by atoms with van der Waals surface area (Å²) in [5.41, 5.74) is -2.12. The zero-order valence-electron chi connectivity index (χ0n) is 11.7.